The Morgan fingerprint density at radius 3 is 2.65 bits per heavy atom. The fraction of sp³-hybridized carbons (Fsp3) is 0.500. The number of carbonyl (C=O) groups excluding carboxylic acids is 1. The molecule has 34 heavy (non-hydrogen) atoms. The zero-order chi connectivity index (χ0) is 23.8. The minimum absolute atomic E-state index is 0.00200. The molecule has 2 N–H and O–H groups in total. The summed E-state index contributed by atoms with van der Waals surface area (Å²) in [6.45, 7) is 8.13. The van der Waals surface area contributed by atoms with E-state index in [1.54, 1.807) is 18.5 Å². The summed E-state index contributed by atoms with van der Waals surface area (Å²) < 4.78 is 1.84. The number of hydrogen-bond acceptors (Lipinski definition) is 5. The smallest absolute Gasteiger partial charge is 0.253 e. The molecule has 180 valence electrons. The number of nitrogens with one attached hydrogen (secondary N) is 2. The molecule has 8 heteroatoms. The lowest BCUT2D eigenvalue weighted by atomic mass is 9.78. The van der Waals surface area contributed by atoms with Crippen LogP contribution in [0.2, 0.25) is 5.02 Å². The molecule has 5 rings (SSSR count). The van der Waals surface area contributed by atoms with Crippen LogP contribution in [-0.4, -0.2) is 62.6 Å². The Kier molecular flexibility index (Phi) is 6.35. The molecular formula is C26H33ClN6O. The number of nitrogens with zero attached hydrogens (tertiary/aromatic N) is 4. The average molecular weight is 481 g/mol. The van der Waals surface area contributed by atoms with E-state index in [1.165, 1.54) is 19.3 Å². The van der Waals surface area contributed by atoms with Gasteiger partial charge in [-0.2, -0.15) is 0 Å². The number of benzene rings is 1. The number of piperazine rings is 1. The maximum absolute atomic E-state index is 13.6. The number of carbonyl (C=O) groups is 1. The standard InChI is InChI=1S/C26H33ClN6O/c1-25(2)18-32(15-14-31-25)26(10-4-3-5-11-26)17-30-23(34)19-16-33(24-28-12-7-13-29-24)21-9-6-8-20(27)22(19)21/h6-9,12-13,16,31H,3-5,10-11,14-15,17-18H2,1-2H3,(H,30,34). The van der Waals surface area contributed by atoms with Gasteiger partial charge in [0.15, 0.2) is 0 Å². The van der Waals surface area contributed by atoms with E-state index in [0.717, 1.165) is 43.4 Å². The van der Waals surface area contributed by atoms with Crippen molar-refractivity contribution in [3.63, 3.8) is 0 Å². The number of amides is 1. The Morgan fingerprint density at radius 1 is 1.15 bits per heavy atom. The second-order valence-electron chi connectivity index (χ2n) is 10.3. The summed E-state index contributed by atoms with van der Waals surface area (Å²) in [5.41, 5.74) is 1.45. The van der Waals surface area contributed by atoms with Crippen molar-refractivity contribution in [2.24, 2.45) is 0 Å². The summed E-state index contributed by atoms with van der Waals surface area (Å²) in [6.07, 6.45) is 11.1. The number of aromatic nitrogens is 3. The molecule has 3 heterocycles. The maximum Gasteiger partial charge on any atom is 0.253 e. The molecule has 0 spiro atoms. The largest absolute Gasteiger partial charge is 0.350 e. The van der Waals surface area contributed by atoms with Crippen molar-refractivity contribution in [2.45, 2.75) is 57.0 Å². The van der Waals surface area contributed by atoms with Crippen LogP contribution in [0.1, 0.15) is 56.3 Å². The molecule has 2 aliphatic rings. The average Bonchev–Trinajstić information content (AvgIpc) is 3.24. The first kappa shape index (κ1) is 23.3. The van der Waals surface area contributed by atoms with E-state index < -0.39 is 0 Å². The molecule has 3 aromatic rings. The normalized spacial score (nSPS) is 20.3. The Bertz CT molecular complexity index is 1170. The summed E-state index contributed by atoms with van der Waals surface area (Å²) in [6, 6.07) is 7.42. The summed E-state index contributed by atoms with van der Waals surface area (Å²) in [5, 5.41) is 8.21. The molecule has 7 nitrogen and oxygen atoms in total. The van der Waals surface area contributed by atoms with Gasteiger partial charge in [-0.05, 0) is 44.9 Å². The summed E-state index contributed by atoms with van der Waals surface area (Å²) in [4.78, 5) is 25.0. The monoisotopic (exact) mass is 480 g/mol. The Hall–Kier alpha value is -2.48. The van der Waals surface area contributed by atoms with Crippen LogP contribution < -0.4 is 10.6 Å². The van der Waals surface area contributed by atoms with E-state index in [-0.39, 0.29) is 17.0 Å². The van der Waals surface area contributed by atoms with Crippen LogP contribution in [-0.2, 0) is 0 Å². The van der Waals surface area contributed by atoms with Crippen molar-refractivity contribution in [2.75, 3.05) is 26.2 Å². The van der Waals surface area contributed by atoms with E-state index in [9.17, 15) is 4.79 Å². The summed E-state index contributed by atoms with van der Waals surface area (Å²) >= 11 is 6.59. The third kappa shape index (κ3) is 4.44. The minimum Gasteiger partial charge on any atom is -0.350 e. The molecular weight excluding hydrogens is 448 g/mol. The highest BCUT2D eigenvalue weighted by molar-refractivity contribution is 6.37. The van der Waals surface area contributed by atoms with Gasteiger partial charge >= 0.3 is 0 Å². The zero-order valence-corrected chi connectivity index (χ0v) is 20.7. The number of fused-ring (bicyclic) bond motifs is 1. The van der Waals surface area contributed by atoms with Gasteiger partial charge in [0.1, 0.15) is 0 Å². The second-order valence-corrected chi connectivity index (χ2v) is 10.7. The van der Waals surface area contributed by atoms with E-state index >= 15 is 0 Å². The van der Waals surface area contributed by atoms with Crippen LogP contribution in [0.4, 0.5) is 0 Å². The molecule has 2 aromatic heterocycles. The van der Waals surface area contributed by atoms with Gasteiger partial charge < -0.3 is 10.6 Å². The van der Waals surface area contributed by atoms with Gasteiger partial charge in [-0.25, -0.2) is 9.97 Å². The van der Waals surface area contributed by atoms with Crippen molar-refractivity contribution in [3.05, 3.63) is 53.4 Å². The molecule has 2 fully saturated rings. The molecule has 0 atom stereocenters. The predicted octanol–water partition coefficient (Wildman–Crippen LogP) is 4.19. The van der Waals surface area contributed by atoms with Crippen LogP contribution in [0.3, 0.4) is 0 Å². The third-order valence-corrected chi connectivity index (χ3v) is 7.71. The van der Waals surface area contributed by atoms with Crippen molar-refractivity contribution < 1.29 is 4.79 Å². The minimum atomic E-state index is -0.105. The van der Waals surface area contributed by atoms with Crippen LogP contribution in [0, 0.1) is 0 Å². The summed E-state index contributed by atoms with van der Waals surface area (Å²) in [7, 11) is 0. The van der Waals surface area contributed by atoms with E-state index in [2.05, 4.69) is 39.3 Å². The Balaban J connectivity index is 1.44. The van der Waals surface area contributed by atoms with Crippen molar-refractivity contribution >= 4 is 28.4 Å². The third-order valence-electron chi connectivity index (χ3n) is 7.40. The van der Waals surface area contributed by atoms with Gasteiger partial charge in [-0.1, -0.05) is 36.9 Å². The first-order valence-electron chi connectivity index (χ1n) is 12.2. The van der Waals surface area contributed by atoms with E-state index in [1.807, 2.05) is 29.0 Å². The van der Waals surface area contributed by atoms with Crippen LogP contribution in [0.15, 0.2) is 42.9 Å². The second kappa shape index (κ2) is 9.29. The highest BCUT2D eigenvalue weighted by Gasteiger charge is 2.42. The van der Waals surface area contributed by atoms with Gasteiger partial charge in [-0.15, -0.1) is 0 Å². The van der Waals surface area contributed by atoms with Crippen molar-refractivity contribution in [1.29, 1.82) is 0 Å². The van der Waals surface area contributed by atoms with Crippen LogP contribution in [0.25, 0.3) is 16.9 Å². The van der Waals surface area contributed by atoms with Gasteiger partial charge in [-0.3, -0.25) is 14.3 Å². The van der Waals surface area contributed by atoms with E-state index in [4.69, 9.17) is 11.6 Å². The predicted molar refractivity (Wildman–Crippen MR) is 136 cm³/mol. The fourth-order valence-corrected chi connectivity index (χ4v) is 5.97. The first-order chi connectivity index (χ1) is 16.4. The SMILES string of the molecule is CC1(C)CN(C2(CNC(=O)c3cn(-c4ncccn4)c4cccc(Cl)c34)CCCCC2)CCN1. The molecule has 0 radical (unpaired) electrons. The lowest BCUT2D eigenvalue weighted by Gasteiger charge is -2.52. The molecule has 1 aromatic carbocycles. The molecule has 1 aliphatic carbocycles. The topological polar surface area (TPSA) is 75.1 Å². The maximum atomic E-state index is 13.6. The molecule has 1 saturated heterocycles. The number of rotatable bonds is 5. The quantitative estimate of drug-likeness (QED) is 0.572. The van der Waals surface area contributed by atoms with Crippen molar-refractivity contribution in [3.8, 4) is 5.95 Å². The number of hydrogen-bond donors (Lipinski definition) is 2. The molecule has 1 amide bonds. The van der Waals surface area contributed by atoms with Crippen LogP contribution >= 0.6 is 11.6 Å². The molecule has 0 bridgehead atoms. The first-order valence-corrected chi connectivity index (χ1v) is 12.6. The zero-order valence-electron chi connectivity index (χ0n) is 20.0. The molecule has 0 unspecified atom stereocenters. The summed E-state index contributed by atoms with van der Waals surface area (Å²) in [5.74, 6) is 0.410. The molecule has 1 aliphatic heterocycles. The van der Waals surface area contributed by atoms with E-state index in [0.29, 0.717) is 23.1 Å². The van der Waals surface area contributed by atoms with Gasteiger partial charge in [0.25, 0.3) is 5.91 Å². The van der Waals surface area contributed by atoms with Crippen LogP contribution in [0.5, 0.6) is 0 Å². The Labute approximate surface area is 205 Å². The van der Waals surface area contributed by atoms with Gasteiger partial charge in [0, 0.05) is 61.2 Å². The number of halogens is 1. The Morgan fingerprint density at radius 2 is 1.91 bits per heavy atom. The van der Waals surface area contributed by atoms with Gasteiger partial charge in [0.2, 0.25) is 5.95 Å². The van der Waals surface area contributed by atoms with Crippen molar-refractivity contribution in [1.82, 2.24) is 30.1 Å². The molecule has 1 saturated carbocycles. The lowest BCUT2D eigenvalue weighted by Crippen LogP contribution is -2.66. The highest BCUT2D eigenvalue weighted by Crippen LogP contribution is 2.36. The highest BCUT2D eigenvalue weighted by atomic mass is 35.5. The fourth-order valence-electron chi connectivity index (χ4n) is 5.70. The lowest BCUT2D eigenvalue weighted by molar-refractivity contribution is 0.00950. The van der Waals surface area contributed by atoms with Gasteiger partial charge in [0.05, 0.1) is 16.1 Å².